The first-order valence-corrected chi connectivity index (χ1v) is 7.56. The molecular formula is C17H24N2O3. The molecule has 1 rings (SSSR count). The van der Waals surface area contributed by atoms with E-state index in [0.29, 0.717) is 24.2 Å². The van der Waals surface area contributed by atoms with Crippen LogP contribution in [0.4, 0.5) is 0 Å². The number of nitrogens with one attached hydrogen (secondary N) is 1. The van der Waals surface area contributed by atoms with Crippen LogP contribution >= 0.6 is 0 Å². The summed E-state index contributed by atoms with van der Waals surface area (Å²) in [5, 5.41) is 20.8. The number of para-hydroxylation sites is 1. The van der Waals surface area contributed by atoms with E-state index in [1.807, 2.05) is 20.8 Å². The number of carbonyl (C=O) groups is 1. The highest BCUT2D eigenvalue weighted by molar-refractivity contribution is 5.81. The van der Waals surface area contributed by atoms with Gasteiger partial charge in [-0.3, -0.25) is 4.79 Å². The molecule has 0 aromatic heterocycles. The predicted octanol–water partition coefficient (Wildman–Crippen LogP) is 2.24. The maximum absolute atomic E-state index is 12.4. The molecule has 22 heavy (non-hydrogen) atoms. The van der Waals surface area contributed by atoms with Gasteiger partial charge in [0.2, 0.25) is 0 Å². The van der Waals surface area contributed by atoms with Crippen molar-refractivity contribution in [1.29, 1.82) is 5.26 Å². The third kappa shape index (κ3) is 5.38. The van der Waals surface area contributed by atoms with Crippen molar-refractivity contribution in [3.63, 3.8) is 0 Å². The van der Waals surface area contributed by atoms with Crippen LogP contribution in [0.1, 0.15) is 39.2 Å². The van der Waals surface area contributed by atoms with E-state index in [4.69, 9.17) is 15.1 Å². The highest BCUT2D eigenvalue weighted by atomic mass is 16.5. The lowest BCUT2D eigenvalue weighted by molar-refractivity contribution is -0.130. The Morgan fingerprint density at radius 2 is 2.05 bits per heavy atom. The molecule has 0 saturated carbocycles. The monoisotopic (exact) mass is 304 g/mol. The molecule has 0 bridgehead atoms. The first kappa shape index (κ1) is 18.0. The summed E-state index contributed by atoms with van der Waals surface area (Å²) in [5.74, 6) is 0.187. The molecule has 5 heteroatoms. The summed E-state index contributed by atoms with van der Waals surface area (Å²) in [6.07, 6.45) is 0.694. The van der Waals surface area contributed by atoms with E-state index in [1.54, 1.807) is 24.3 Å². The molecule has 2 unspecified atom stereocenters. The van der Waals surface area contributed by atoms with Gasteiger partial charge in [-0.1, -0.05) is 26.0 Å². The van der Waals surface area contributed by atoms with Gasteiger partial charge in [-0.15, -0.1) is 0 Å². The van der Waals surface area contributed by atoms with Crippen molar-refractivity contribution in [2.75, 3.05) is 6.61 Å². The van der Waals surface area contributed by atoms with Crippen LogP contribution in [-0.2, 0) is 4.79 Å². The van der Waals surface area contributed by atoms with E-state index in [2.05, 4.69) is 11.4 Å². The Morgan fingerprint density at radius 1 is 1.36 bits per heavy atom. The summed E-state index contributed by atoms with van der Waals surface area (Å²) < 4.78 is 5.78. The fraction of sp³-hybridized carbons (Fsp3) is 0.529. The summed E-state index contributed by atoms with van der Waals surface area (Å²) >= 11 is 0. The maximum atomic E-state index is 12.4. The molecular weight excluding hydrogens is 280 g/mol. The lowest BCUT2D eigenvalue weighted by Gasteiger charge is -2.24. The molecule has 5 nitrogen and oxygen atoms in total. The van der Waals surface area contributed by atoms with Crippen LogP contribution in [0.25, 0.3) is 0 Å². The van der Waals surface area contributed by atoms with Gasteiger partial charge in [0.25, 0.3) is 5.91 Å². The van der Waals surface area contributed by atoms with Gasteiger partial charge in [-0.05, 0) is 37.8 Å². The topological polar surface area (TPSA) is 82.3 Å². The molecule has 120 valence electrons. The normalized spacial score (nSPS) is 13.3. The Labute approximate surface area is 131 Å². The quantitative estimate of drug-likeness (QED) is 0.771. The van der Waals surface area contributed by atoms with Gasteiger partial charge in [0.05, 0.1) is 5.56 Å². The number of benzene rings is 1. The van der Waals surface area contributed by atoms with Crippen LogP contribution < -0.4 is 10.1 Å². The minimum atomic E-state index is -0.661. The molecule has 2 N–H and O–H groups in total. The van der Waals surface area contributed by atoms with Crippen LogP contribution in [0.3, 0.4) is 0 Å². The molecule has 0 aliphatic rings. The molecule has 0 spiro atoms. The first-order valence-electron chi connectivity index (χ1n) is 7.56. The molecule has 0 aliphatic heterocycles. The van der Waals surface area contributed by atoms with Crippen LogP contribution in [-0.4, -0.2) is 29.8 Å². The van der Waals surface area contributed by atoms with E-state index in [9.17, 15) is 4.79 Å². The van der Waals surface area contributed by atoms with Crippen molar-refractivity contribution in [1.82, 2.24) is 5.32 Å². The molecule has 0 aliphatic carbocycles. The van der Waals surface area contributed by atoms with E-state index in [1.165, 1.54) is 0 Å². The Bertz CT molecular complexity index is 523. The first-order chi connectivity index (χ1) is 10.5. The van der Waals surface area contributed by atoms with Gasteiger partial charge in [-0.2, -0.15) is 5.26 Å². The molecule has 1 amide bonds. The van der Waals surface area contributed by atoms with Gasteiger partial charge < -0.3 is 15.2 Å². The van der Waals surface area contributed by atoms with Crippen molar-refractivity contribution < 1.29 is 14.6 Å². The third-order valence-electron chi connectivity index (χ3n) is 3.31. The minimum absolute atomic E-state index is 0.0307. The summed E-state index contributed by atoms with van der Waals surface area (Å²) in [6, 6.07) is 8.91. The Hall–Kier alpha value is -2.06. The standard InChI is InChI=1S/C17H24N2O3/c1-12(2)16(17(21)19-13(3)7-6-10-20)22-15-9-5-4-8-14(15)11-18/h4-5,8-9,12-13,16,20H,6-7,10H2,1-3H3,(H,19,21). The van der Waals surface area contributed by atoms with Gasteiger partial charge in [0, 0.05) is 12.6 Å². The number of aliphatic hydroxyl groups is 1. The number of amides is 1. The number of nitrogens with zero attached hydrogens (tertiary/aromatic N) is 1. The van der Waals surface area contributed by atoms with Crippen molar-refractivity contribution in [3.05, 3.63) is 29.8 Å². The number of hydrogen-bond acceptors (Lipinski definition) is 4. The lowest BCUT2D eigenvalue weighted by Crippen LogP contribution is -2.45. The van der Waals surface area contributed by atoms with E-state index in [0.717, 1.165) is 0 Å². The van der Waals surface area contributed by atoms with Crippen LogP contribution in [0.2, 0.25) is 0 Å². The maximum Gasteiger partial charge on any atom is 0.261 e. The third-order valence-corrected chi connectivity index (χ3v) is 3.31. The molecule has 0 fully saturated rings. The fourth-order valence-corrected chi connectivity index (χ4v) is 2.09. The molecule has 1 aromatic carbocycles. The fourth-order valence-electron chi connectivity index (χ4n) is 2.09. The molecule has 1 aromatic rings. The predicted molar refractivity (Wildman–Crippen MR) is 84.3 cm³/mol. The lowest BCUT2D eigenvalue weighted by atomic mass is 10.1. The van der Waals surface area contributed by atoms with Crippen molar-refractivity contribution in [2.45, 2.75) is 45.8 Å². The van der Waals surface area contributed by atoms with Crippen molar-refractivity contribution in [3.8, 4) is 11.8 Å². The molecule has 0 radical (unpaired) electrons. The largest absolute Gasteiger partial charge is 0.479 e. The number of aliphatic hydroxyl groups excluding tert-OH is 1. The van der Waals surface area contributed by atoms with Crippen LogP contribution in [0.15, 0.2) is 24.3 Å². The molecule has 2 atom stereocenters. The van der Waals surface area contributed by atoms with Crippen LogP contribution in [0.5, 0.6) is 5.75 Å². The van der Waals surface area contributed by atoms with Crippen LogP contribution in [0, 0.1) is 17.2 Å². The Morgan fingerprint density at radius 3 is 2.64 bits per heavy atom. The smallest absolute Gasteiger partial charge is 0.261 e. The minimum Gasteiger partial charge on any atom is -0.479 e. The second kappa shape index (κ2) is 9.06. The molecule has 0 saturated heterocycles. The summed E-state index contributed by atoms with van der Waals surface area (Å²) in [6.45, 7) is 5.81. The van der Waals surface area contributed by atoms with Gasteiger partial charge in [-0.25, -0.2) is 0 Å². The summed E-state index contributed by atoms with van der Waals surface area (Å²) in [5.41, 5.74) is 0.411. The number of hydrogen-bond donors (Lipinski definition) is 2. The summed E-state index contributed by atoms with van der Waals surface area (Å²) in [4.78, 5) is 12.4. The second-order valence-electron chi connectivity index (χ2n) is 5.67. The number of nitriles is 1. The Kier molecular flexibility index (Phi) is 7.41. The number of ether oxygens (including phenoxy) is 1. The number of carbonyl (C=O) groups excluding carboxylic acids is 1. The van der Waals surface area contributed by atoms with Gasteiger partial charge in [0.15, 0.2) is 6.10 Å². The average Bonchev–Trinajstić information content (AvgIpc) is 2.50. The van der Waals surface area contributed by atoms with E-state index < -0.39 is 6.10 Å². The zero-order chi connectivity index (χ0) is 16.5. The van der Waals surface area contributed by atoms with Gasteiger partial charge >= 0.3 is 0 Å². The highest BCUT2D eigenvalue weighted by Gasteiger charge is 2.26. The zero-order valence-corrected chi connectivity index (χ0v) is 13.4. The average molecular weight is 304 g/mol. The van der Waals surface area contributed by atoms with Crippen molar-refractivity contribution in [2.24, 2.45) is 5.92 Å². The Balaban J connectivity index is 2.77. The molecule has 0 heterocycles. The van der Waals surface area contributed by atoms with Crippen molar-refractivity contribution >= 4 is 5.91 Å². The second-order valence-corrected chi connectivity index (χ2v) is 5.67. The SMILES string of the molecule is CC(CCCO)NC(=O)C(Oc1ccccc1C#N)C(C)C. The van der Waals surface area contributed by atoms with E-state index >= 15 is 0 Å². The summed E-state index contributed by atoms with van der Waals surface area (Å²) in [7, 11) is 0. The zero-order valence-electron chi connectivity index (χ0n) is 13.4. The number of rotatable bonds is 8. The van der Waals surface area contributed by atoms with E-state index in [-0.39, 0.29) is 24.5 Å². The van der Waals surface area contributed by atoms with Gasteiger partial charge in [0.1, 0.15) is 11.8 Å². The highest BCUT2D eigenvalue weighted by Crippen LogP contribution is 2.21.